The van der Waals surface area contributed by atoms with Gasteiger partial charge >= 0.3 is 12.1 Å². The van der Waals surface area contributed by atoms with Gasteiger partial charge < -0.3 is 61.9 Å². The number of nitrogens with one attached hydrogen (secondary N) is 4. The summed E-state index contributed by atoms with van der Waals surface area (Å²) in [5, 5.41) is 21.5. The fraction of sp³-hybridized carbons (Fsp3) is 0.642. The Hall–Kier alpha value is -5.92. The fourth-order valence-electron chi connectivity index (χ4n) is 9.82. The number of anilines is 1. The Balaban J connectivity index is 1.75. The second-order valence-corrected chi connectivity index (χ2v) is 22.0. The lowest BCUT2D eigenvalue weighted by molar-refractivity contribution is -0.148. The maximum Gasteiger partial charge on any atom is 0.410 e. The Kier molecular flexibility index (Phi) is 25.7. The average Bonchev–Trinajstić information content (AvgIpc) is 3.87. The number of carbonyl (C=O) groups excluding carboxylic acids is 7. The first kappa shape index (κ1) is 65.4. The van der Waals surface area contributed by atoms with Gasteiger partial charge in [-0.05, 0) is 68.1 Å². The third kappa shape index (κ3) is 18.3. The number of benzene rings is 2. The molecule has 0 aromatic heterocycles. The third-order valence-electron chi connectivity index (χ3n) is 14.4. The van der Waals surface area contributed by atoms with Crippen molar-refractivity contribution in [2.75, 3.05) is 46.7 Å². The summed E-state index contributed by atoms with van der Waals surface area (Å²) in [5.74, 6) is -4.31. The summed E-state index contributed by atoms with van der Waals surface area (Å²) in [6.07, 6.45) is -1.23. The van der Waals surface area contributed by atoms with Crippen LogP contribution in [0.5, 0.6) is 0 Å². The third-order valence-corrected chi connectivity index (χ3v) is 15.3. The van der Waals surface area contributed by atoms with Crippen molar-refractivity contribution in [3.05, 3.63) is 59.7 Å². The molecule has 0 spiro atoms. The van der Waals surface area contributed by atoms with Gasteiger partial charge in [0.1, 0.15) is 23.6 Å². The minimum atomic E-state index is -4.93. The summed E-state index contributed by atoms with van der Waals surface area (Å²) >= 11 is 0. The van der Waals surface area contributed by atoms with E-state index in [2.05, 4.69) is 21.3 Å². The maximum absolute atomic E-state index is 14.7. The van der Waals surface area contributed by atoms with E-state index in [0.717, 1.165) is 11.0 Å². The van der Waals surface area contributed by atoms with Crippen LogP contribution in [0, 0.1) is 23.7 Å². The molecule has 2 aromatic rings. The molecule has 0 bridgehead atoms. The van der Waals surface area contributed by atoms with E-state index in [-0.39, 0.29) is 48.4 Å². The number of methoxy groups -OCH3 is 2. The van der Waals surface area contributed by atoms with E-state index in [1.807, 2.05) is 32.0 Å². The number of likely N-dealkylation sites (tertiary alicyclic amines) is 1. The van der Waals surface area contributed by atoms with Gasteiger partial charge in [-0.2, -0.15) is 8.42 Å². The highest BCUT2D eigenvalue weighted by molar-refractivity contribution is 7.85. The predicted molar refractivity (Wildman–Crippen MR) is 288 cm³/mol. The second-order valence-electron chi connectivity index (χ2n) is 20.7. The van der Waals surface area contributed by atoms with Gasteiger partial charge in [0.25, 0.3) is 10.1 Å². The van der Waals surface area contributed by atoms with E-state index in [4.69, 9.17) is 25.7 Å². The van der Waals surface area contributed by atoms with Gasteiger partial charge in [-0.1, -0.05) is 91.3 Å². The molecule has 1 aliphatic rings. The molecule has 10 N–H and O–H groups in total. The highest BCUT2D eigenvalue weighted by Crippen LogP contribution is 2.31. The molecule has 432 valence electrons. The summed E-state index contributed by atoms with van der Waals surface area (Å²) in [6.45, 7) is 14.2. The van der Waals surface area contributed by atoms with E-state index in [9.17, 15) is 51.6 Å². The van der Waals surface area contributed by atoms with Gasteiger partial charge in [0.2, 0.25) is 29.5 Å². The van der Waals surface area contributed by atoms with Gasteiger partial charge in [-0.3, -0.25) is 33.4 Å². The minimum Gasteiger partial charge on any atom is -0.444 e. The number of nitrogens with zero attached hydrogens (tertiary/aromatic N) is 3. The smallest absolute Gasteiger partial charge is 0.410 e. The molecule has 0 saturated carbocycles. The molecule has 24 heteroatoms. The van der Waals surface area contributed by atoms with Crippen molar-refractivity contribution in [1.82, 2.24) is 30.7 Å². The monoisotopic (exact) mass is 1100 g/mol. The van der Waals surface area contributed by atoms with Crippen LogP contribution in [0.2, 0.25) is 0 Å². The zero-order valence-corrected chi connectivity index (χ0v) is 47.5. The zero-order valence-electron chi connectivity index (χ0n) is 46.7. The van der Waals surface area contributed by atoms with Gasteiger partial charge in [0, 0.05) is 52.7 Å². The number of carbonyl (C=O) groups is 7. The number of urea groups is 1. The van der Waals surface area contributed by atoms with Crippen molar-refractivity contribution >= 4 is 57.5 Å². The van der Waals surface area contributed by atoms with Crippen molar-refractivity contribution in [3.8, 4) is 0 Å². The fourth-order valence-corrected chi connectivity index (χ4v) is 10.6. The van der Waals surface area contributed by atoms with Crippen molar-refractivity contribution in [2.45, 2.75) is 160 Å². The maximum atomic E-state index is 14.7. The molecule has 23 nitrogen and oxygen atoms in total. The predicted octanol–water partition coefficient (Wildman–Crippen LogP) is 3.54. The molecule has 77 heavy (non-hydrogen) atoms. The Morgan fingerprint density at radius 3 is 2.08 bits per heavy atom. The molecule has 2 aromatic carbocycles. The number of amides is 8. The standard InChI is InChI=1S/C53H85N9O14S/c1-13-32(6)45(40(74-11)28-42(63)62-26-18-22-39(62)47(75-12)33(7)48(65)57-34(8)46(64)35-19-15-14-16-20-35)60(9)51(68)43(30(2)3)59-50(67)44(31(4)5)61(10)53(70)76-29-36-23-24-37(27-41(36)77(71,72)73)58-49(66)38(54)21-17-25-56-52(55)69/h14-16,19-20,23-24,27,30-34,38-40,43-47,64H,13,17-18,21-22,25-26,28-29,54H2,1-12H3,(H,57,65)(H,58,66)(H,59,67)(H3,55,56,69)(H,71,72,73)/t32?,33?,34?,38?,39-,40?,43?,44?,45?,46?,47?/m0/s1. The van der Waals surface area contributed by atoms with Crippen LogP contribution in [0.25, 0.3) is 0 Å². The lowest BCUT2D eigenvalue weighted by Crippen LogP contribution is -2.60. The summed E-state index contributed by atoms with van der Waals surface area (Å²) in [5.41, 5.74) is 11.5. The van der Waals surface area contributed by atoms with Crippen LogP contribution in [0.1, 0.15) is 111 Å². The molecule has 1 aliphatic heterocycles. The Morgan fingerprint density at radius 2 is 1.52 bits per heavy atom. The molecule has 0 aliphatic carbocycles. The number of hydrogen-bond donors (Lipinski definition) is 8. The number of likely N-dealkylation sites (N-methyl/N-ethyl adjacent to an activating group) is 2. The van der Waals surface area contributed by atoms with Crippen LogP contribution < -0.4 is 32.7 Å². The van der Waals surface area contributed by atoms with E-state index in [0.29, 0.717) is 37.8 Å². The topological polar surface area (TPSA) is 332 Å². The molecular weight excluding hydrogens is 1020 g/mol. The van der Waals surface area contributed by atoms with Gasteiger partial charge in [-0.15, -0.1) is 0 Å². The molecule has 8 amide bonds. The van der Waals surface area contributed by atoms with E-state index >= 15 is 0 Å². The van der Waals surface area contributed by atoms with Crippen LogP contribution in [0.4, 0.5) is 15.3 Å². The van der Waals surface area contributed by atoms with Crippen LogP contribution in [0.3, 0.4) is 0 Å². The average molecular weight is 1100 g/mol. The molecular formula is C53H85N9O14S. The van der Waals surface area contributed by atoms with Crippen molar-refractivity contribution in [2.24, 2.45) is 35.1 Å². The second kappa shape index (κ2) is 30.3. The summed E-state index contributed by atoms with van der Waals surface area (Å²) in [4.78, 5) is 97.8. The number of ether oxygens (including phenoxy) is 3. The van der Waals surface area contributed by atoms with Crippen LogP contribution in [-0.4, -0.2) is 164 Å². The first-order valence-electron chi connectivity index (χ1n) is 26.2. The number of aliphatic hydroxyl groups excluding tert-OH is 1. The summed E-state index contributed by atoms with van der Waals surface area (Å²) < 4.78 is 52.5. The first-order valence-corrected chi connectivity index (χ1v) is 27.6. The first-order chi connectivity index (χ1) is 36.1. The zero-order chi connectivity index (χ0) is 58.1. The van der Waals surface area contributed by atoms with Gasteiger partial charge in [0.15, 0.2) is 0 Å². The lowest BCUT2D eigenvalue weighted by atomic mass is 9.89. The Morgan fingerprint density at radius 1 is 0.870 bits per heavy atom. The molecule has 0 radical (unpaired) electrons. The van der Waals surface area contributed by atoms with Crippen molar-refractivity contribution < 1.29 is 65.8 Å². The largest absolute Gasteiger partial charge is 0.444 e. The normalized spacial score (nSPS) is 17.6. The molecule has 10 unspecified atom stereocenters. The van der Waals surface area contributed by atoms with E-state index in [1.54, 1.807) is 65.6 Å². The minimum absolute atomic E-state index is 0.0345. The van der Waals surface area contributed by atoms with Crippen molar-refractivity contribution in [3.63, 3.8) is 0 Å². The van der Waals surface area contributed by atoms with Gasteiger partial charge in [0.05, 0.1) is 54.8 Å². The number of aliphatic hydroxyl groups is 1. The summed E-state index contributed by atoms with van der Waals surface area (Å²) in [7, 11) is 0.958. The highest BCUT2D eigenvalue weighted by atomic mass is 32.2. The number of primary amides is 1. The summed E-state index contributed by atoms with van der Waals surface area (Å²) in [6, 6.07) is 6.74. The van der Waals surface area contributed by atoms with Crippen LogP contribution in [-0.2, 0) is 54.9 Å². The molecule has 1 saturated heterocycles. The molecule has 1 fully saturated rings. The highest BCUT2D eigenvalue weighted by Gasteiger charge is 2.44. The molecule has 11 atom stereocenters. The number of nitrogens with two attached hydrogens (primary N) is 2. The SMILES string of the molecule is CCC(C)C(C(CC(=O)N1CCC[C@H]1C(OC)C(C)C(=O)NC(C)C(O)c1ccccc1)OC)N(C)C(=O)C(NC(=O)C(C(C)C)N(C)C(=O)OCc1ccc(NC(=O)C(N)CCCNC(N)=O)cc1S(=O)(=O)O)C(C)C. The van der Waals surface area contributed by atoms with Crippen LogP contribution >= 0.6 is 0 Å². The Labute approximate surface area is 453 Å². The Bertz CT molecular complexity index is 2410. The van der Waals surface area contributed by atoms with Gasteiger partial charge in [-0.25, -0.2) is 9.59 Å². The van der Waals surface area contributed by atoms with Crippen molar-refractivity contribution in [1.29, 1.82) is 0 Å². The van der Waals surface area contributed by atoms with E-state index in [1.165, 1.54) is 38.3 Å². The lowest BCUT2D eigenvalue weighted by Gasteiger charge is -2.41. The number of hydrogen-bond acceptors (Lipinski definition) is 14. The molecule has 1 heterocycles. The van der Waals surface area contributed by atoms with Crippen LogP contribution in [0.15, 0.2) is 53.4 Å². The quantitative estimate of drug-likeness (QED) is 0.0427. The number of rotatable bonds is 29. The van der Waals surface area contributed by atoms with E-state index < -0.39 is 124 Å². The molecule has 3 rings (SSSR count).